The Labute approximate surface area is 120 Å². The van der Waals surface area contributed by atoms with Crippen molar-refractivity contribution in [1.29, 1.82) is 0 Å². The fourth-order valence-electron chi connectivity index (χ4n) is 3.56. The number of carbonyl (C=O) groups excluding carboxylic acids is 1. The lowest BCUT2D eigenvalue weighted by Crippen LogP contribution is -2.38. The number of likely N-dealkylation sites (tertiary alicyclic amines) is 1. The van der Waals surface area contributed by atoms with E-state index in [-0.39, 0.29) is 5.91 Å². The van der Waals surface area contributed by atoms with E-state index >= 15 is 0 Å². The van der Waals surface area contributed by atoms with Crippen LogP contribution >= 0.6 is 0 Å². The third-order valence-corrected chi connectivity index (χ3v) is 4.74. The summed E-state index contributed by atoms with van der Waals surface area (Å²) in [5, 5.41) is 3.42. The highest BCUT2D eigenvalue weighted by molar-refractivity contribution is 5.79. The average Bonchev–Trinajstić information content (AvgIpc) is 3.02. The number of hydrogen-bond donors (Lipinski definition) is 1. The van der Waals surface area contributed by atoms with Gasteiger partial charge in [0.1, 0.15) is 5.75 Å². The third kappa shape index (κ3) is 2.40. The van der Waals surface area contributed by atoms with Crippen molar-refractivity contribution in [1.82, 2.24) is 10.2 Å². The molecule has 2 heterocycles. The van der Waals surface area contributed by atoms with E-state index in [1.54, 1.807) is 7.11 Å². The van der Waals surface area contributed by atoms with Crippen LogP contribution in [0.25, 0.3) is 0 Å². The Morgan fingerprint density at radius 3 is 3.05 bits per heavy atom. The molecular formula is C16H22N2O2. The van der Waals surface area contributed by atoms with Crippen molar-refractivity contribution in [3.63, 3.8) is 0 Å². The van der Waals surface area contributed by atoms with Crippen LogP contribution in [0.3, 0.4) is 0 Å². The van der Waals surface area contributed by atoms with Gasteiger partial charge in [0.05, 0.1) is 13.5 Å². The predicted molar refractivity (Wildman–Crippen MR) is 77.7 cm³/mol. The van der Waals surface area contributed by atoms with Crippen molar-refractivity contribution in [2.24, 2.45) is 11.8 Å². The number of nitrogens with zero attached hydrogens (tertiary/aromatic N) is 1. The summed E-state index contributed by atoms with van der Waals surface area (Å²) in [5.41, 5.74) is 1.02. The molecule has 2 aliphatic heterocycles. The van der Waals surface area contributed by atoms with E-state index in [0.717, 1.165) is 30.9 Å². The molecule has 2 saturated heterocycles. The molecule has 2 aliphatic rings. The lowest BCUT2D eigenvalue weighted by atomic mass is 9.95. The maximum Gasteiger partial charge on any atom is 0.227 e. The molecule has 3 rings (SSSR count). The minimum absolute atomic E-state index is 0.236. The first-order valence-corrected chi connectivity index (χ1v) is 7.32. The monoisotopic (exact) mass is 274 g/mol. The molecule has 0 aromatic heterocycles. The number of carbonyl (C=O) groups is 1. The summed E-state index contributed by atoms with van der Waals surface area (Å²) < 4.78 is 5.21. The van der Waals surface area contributed by atoms with E-state index in [2.05, 4.69) is 17.1 Å². The van der Waals surface area contributed by atoms with Crippen LogP contribution in [0.15, 0.2) is 24.3 Å². The van der Waals surface area contributed by atoms with Crippen molar-refractivity contribution in [3.8, 4) is 5.75 Å². The molecule has 1 aromatic carbocycles. The summed E-state index contributed by atoms with van der Waals surface area (Å²) in [5.74, 6) is 2.31. The standard InChI is InChI=1S/C16H22N2O2/c1-11-15-9-17-8-13(15)10-18(11)16(19)7-12-4-3-5-14(6-12)20-2/h3-6,11,13,15,17H,7-10H2,1-2H3. The van der Waals surface area contributed by atoms with Gasteiger partial charge in [-0.15, -0.1) is 0 Å². The van der Waals surface area contributed by atoms with Crippen LogP contribution in [0, 0.1) is 11.8 Å². The summed E-state index contributed by atoms with van der Waals surface area (Å²) in [6.07, 6.45) is 0.467. The summed E-state index contributed by atoms with van der Waals surface area (Å²) in [7, 11) is 1.65. The zero-order chi connectivity index (χ0) is 14.1. The Morgan fingerprint density at radius 2 is 2.30 bits per heavy atom. The Kier molecular flexibility index (Phi) is 3.66. The van der Waals surface area contributed by atoms with E-state index in [0.29, 0.717) is 24.3 Å². The zero-order valence-electron chi connectivity index (χ0n) is 12.1. The number of fused-ring (bicyclic) bond motifs is 1. The van der Waals surface area contributed by atoms with E-state index in [1.165, 1.54) is 0 Å². The zero-order valence-corrected chi connectivity index (χ0v) is 12.1. The van der Waals surface area contributed by atoms with E-state index in [1.807, 2.05) is 24.3 Å². The molecule has 0 spiro atoms. The summed E-state index contributed by atoms with van der Waals surface area (Å²) in [4.78, 5) is 14.6. The lowest BCUT2D eigenvalue weighted by Gasteiger charge is -2.24. The molecule has 0 aliphatic carbocycles. The summed E-state index contributed by atoms with van der Waals surface area (Å²) >= 11 is 0. The first kappa shape index (κ1) is 13.4. The third-order valence-electron chi connectivity index (χ3n) is 4.74. The molecule has 0 radical (unpaired) electrons. The minimum Gasteiger partial charge on any atom is -0.497 e. The molecule has 4 nitrogen and oxygen atoms in total. The lowest BCUT2D eigenvalue weighted by molar-refractivity contribution is -0.131. The molecule has 108 valence electrons. The van der Waals surface area contributed by atoms with Gasteiger partial charge in [-0.3, -0.25) is 4.79 Å². The van der Waals surface area contributed by atoms with Crippen LogP contribution in [-0.2, 0) is 11.2 Å². The van der Waals surface area contributed by atoms with Crippen LogP contribution in [0.2, 0.25) is 0 Å². The molecule has 3 unspecified atom stereocenters. The van der Waals surface area contributed by atoms with Crippen LogP contribution in [-0.4, -0.2) is 43.6 Å². The number of rotatable bonds is 3. The van der Waals surface area contributed by atoms with Gasteiger partial charge in [-0.2, -0.15) is 0 Å². The van der Waals surface area contributed by atoms with Gasteiger partial charge in [-0.05, 0) is 36.5 Å². The SMILES string of the molecule is COc1cccc(CC(=O)N2CC3CNCC3C2C)c1. The quantitative estimate of drug-likeness (QED) is 0.903. The second kappa shape index (κ2) is 5.44. The second-order valence-electron chi connectivity index (χ2n) is 5.90. The molecule has 3 atom stereocenters. The van der Waals surface area contributed by atoms with E-state index in [9.17, 15) is 4.79 Å². The van der Waals surface area contributed by atoms with Crippen molar-refractivity contribution in [3.05, 3.63) is 29.8 Å². The highest BCUT2D eigenvalue weighted by atomic mass is 16.5. The highest BCUT2D eigenvalue weighted by Gasteiger charge is 2.43. The fourth-order valence-corrected chi connectivity index (χ4v) is 3.56. The van der Waals surface area contributed by atoms with Crippen molar-refractivity contribution in [2.45, 2.75) is 19.4 Å². The van der Waals surface area contributed by atoms with Gasteiger partial charge in [-0.25, -0.2) is 0 Å². The van der Waals surface area contributed by atoms with Crippen LogP contribution in [0.4, 0.5) is 0 Å². The van der Waals surface area contributed by atoms with Gasteiger partial charge >= 0.3 is 0 Å². The van der Waals surface area contributed by atoms with Crippen molar-refractivity contribution < 1.29 is 9.53 Å². The summed E-state index contributed by atoms with van der Waals surface area (Å²) in [6.45, 7) is 5.19. The number of benzene rings is 1. The minimum atomic E-state index is 0.236. The smallest absolute Gasteiger partial charge is 0.227 e. The first-order valence-electron chi connectivity index (χ1n) is 7.32. The predicted octanol–water partition coefficient (Wildman–Crippen LogP) is 1.30. The number of ether oxygens (including phenoxy) is 1. The van der Waals surface area contributed by atoms with Gasteiger partial charge in [-0.1, -0.05) is 12.1 Å². The van der Waals surface area contributed by atoms with Crippen molar-refractivity contribution in [2.75, 3.05) is 26.7 Å². The topological polar surface area (TPSA) is 41.6 Å². The van der Waals surface area contributed by atoms with Gasteiger partial charge in [0.2, 0.25) is 5.91 Å². The average molecular weight is 274 g/mol. The molecular weight excluding hydrogens is 252 g/mol. The molecule has 2 fully saturated rings. The Balaban J connectivity index is 1.67. The normalized spacial score (nSPS) is 28.5. The largest absolute Gasteiger partial charge is 0.497 e. The maximum atomic E-state index is 12.5. The van der Waals surface area contributed by atoms with Gasteiger partial charge in [0, 0.05) is 25.7 Å². The van der Waals surface area contributed by atoms with Gasteiger partial charge in [0.15, 0.2) is 0 Å². The van der Waals surface area contributed by atoms with Crippen LogP contribution in [0.1, 0.15) is 12.5 Å². The number of amides is 1. The van der Waals surface area contributed by atoms with Gasteiger partial charge in [0.25, 0.3) is 0 Å². The molecule has 1 aromatic rings. The Hall–Kier alpha value is -1.55. The summed E-state index contributed by atoms with van der Waals surface area (Å²) in [6, 6.07) is 8.13. The Morgan fingerprint density at radius 1 is 1.45 bits per heavy atom. The van der Waals surface area contributed by atoms with Crippen molar-refractivity contribution >= 4 is 5.91 Å². The highest BCUT2D eigenvalue weighted by Crippen LogP contribution is 2.32. The Bertz CT molecular complexity index is 503. The number of methoxy groups -OCH3 is 1. The number of hydrogen-bond acceptors (Lipinski definition) is 3. The van der Waals surface area contributed by atoms with Gasteiger partial charge < -0.3 is 15.0 Å². The molecule has 1 amide bonds. The van der Waals surface area contributed by atoms with Crippen LogP contribution in [0.5, 0.6) is 5.75 Å². The van der Waals surface area contributed by atoms with E-state index in [4.69, 9.17) is 4.74 Å². The number of nitrogens with one attached hydrogen (secondary N) is 1. The first-order chi connectivity index (χ1) is 9.69. The molecule has 0 bridgehead atoms. The fraction of sp³-hybridized carbons (Fsp3) is 0.562. The van der Waals surface area contributed by atoms with E-state index < -0.39 is 0 Å². The molecule has 0 saturated carbocycles. The molecule has 20 heavy (non-hydrogen) atoms. The maximum absolute atomic E-state index is 12.5. The second-order valence-corrected chi connectivity index (χ2v) is 5.90. The van der Waals surface area contributed by atoms with Crippen LogP contribution < -0.4 is 10.1 Å². The molecule has 4 heteroatoms. The molecule has 1 N–H and O–H groups in total.